The Morgan fingerprint density at radius 3 is 2.38 bits per heavy atom. The van der Waals surface area contributed by atoms with Gasteiger partial charge in [-0.15, -0.1) is 0 Å². The monoisotopic (exact) mass is 243 g/mol. The van der Waals surface area contributed by atoms with Gasteiger partial charge in [-0.2, -0.15) is 15.0 Å². The summed E-state index contributed by atoms with van der Waals surface area (Å²) in [7, 11) is 1.74. The summed E-state index contributed by atoms with van der Waals surface area (Å²) in [4.78, 5) is 12.1. The van der Waals surface area contributed by atoms with Gasteiger partial charge in [-0.3, -0.25) is 0 Å². The lowest BCUT2D eigenvalue weighted by Gasteiger charge is -2.19. The van der Waals surface area contributed by atoms with Gasteiger partial charge < -0.3 is 10.6 Å². The molecule has 0 saturated carbocycles. The number of nitrogens with zero attached hydrogens (tertiary/aromatic N) is 3. The number of aromatic nitrogens is 3. The van der Waals surface area contributed by atoms with Crippen molar-refractivity contribution in [3.63, 3.8) is 0 Å². The Kier molecular flexibility index (Phi) is 4.73. The molecule has 0 bridgehead atoms. The van der Waals surface area contributed by atoms with Gasteiger partial charge in [0.25, 0.3) is 0 Å². The second-order valence-electron chi connectivity index (χ2n) is 3.82. The molecule has 0 saturated heterocycles. The fourth-order valence-corrected chi connectivity index (χ4v) is 1.39. The highest BCUT2D eigenvalue weighted by Crippen LogP contribution is 2.14. The minimum atomic E-state index is 0.193. The van der Waals surface area contributed by atoms with Gasteiger partial charge in [-0.1, -0.05) is 20.3 Å². The van der Waals surface area contributed by atoms with Gasteiger partial charge in [-0.05, 0) is 24.4 Å². The number of halogens is 1. The molecule has 0 aliphatic carbocycles. The van der Waals surface area contributed by atoms with Crippen LogP contribution >= 0.6 is 11.6 Å². The largest absolute Gasteiger partial charge is 0.357 e. The Bertz CT molecular complexity index is 344. The third-order valence-corrected chi connectivity index (χ3v) is 2.86. The fraction of sp³-hybridized carbons (Fsp3) is 0.700. The predicted octanol–water partition coefficient (Wildman–Crippen LogP) is 2.41. The molecule has 0 aliphatic rings. The van der Waals surface area contributed by atoms with Crippen LogP contribution in [0, 0.1) is 5.92 Å². The van der Waals surface area contributed by atoms with E-state index in [9.17, 15) is 0 Å². The highest BCUT2D eigenvalue weighted by atomic mass is 35.5. The van der Waals surface area contributed by atoms with E-state index in [1.165, 1.54) is 0 Å². The van der Waals surface area contributed by atoms with Crippen LogP contribution in [0.5, 0.6) is 0 Å². The van der Waals surface area contributed by atoms with Gasteiger partial charge in [0.2, 0.25) is 17.2 Å². The zero-order valence-electron chi connectivity index (χ0n) is 10.1. The average Bonchev–Trinajstić information content (AvgIpc) is 2.26. The van der Waals surface area contributed by atoms with E-state index >= 15 is 0 Å². The summed E-state index contributed by atoms with van der Waals surface area (Å²) >= 11 is 5.78. The first-order valence-electron chi connectivity index (χ1n) is 5.42. The first-order chi connectivity index (χ1) is 7.56. The number of rotatable bonds is 5. The smallest absolute Gasteiger partial charge is 0.229 e. The molecule has 1 aromatic heterocycles. The van der Waals surface area contributed by atoms with Crippen molar-refractivity contribution in [3.05, 3.63) is 5.28 Å². The zero-order chi connectivity index (χ0) is 12.1. The minimum absolute atomic E-state index is 0.193. The van der Waals surface area contributed by atoms with E-state index in [0.29, 0.717) is 23.9 Å². The Morgan fingerprint density at radius 1 is 1.19 bits per heavy atom. The maximum Gasteiger partial charge on any atom is 0.229 e. The van der Waals surface area contributed by atoms with Crippen molar-refractivity contribution < 1.29 is 0 Å². The first-order valence-corrected chi connectivity index (χ1v) is 5.80. The molecule has 6 heteroatoms. The van der Waals surface area contributed by atoms with Crippen LogP contribution in [0.2, 0.25) is 5.28 Å². The van der Waals surface area contributed by atoms with Gasteiger partial charge in [0, 0.05) is 13.1 Å². The summed E-state index contributed by atoms with van der Waals surface area (Å²) in [5, 5.41) is 6.25. The average molecular weight is 244 g/mol. The van der Waals surface area contributed by atoms with E-state index in [0.717, 1.165) is 6.42 Å². The third kappa shape index (κ3) is 3.48. The normalized spacial score (nSPS) is 14.3. The topological polar surface area (TPSA) is 62.7 Å². The van der Waals surface area contributed by atoms with Gasteiger partial charge in [-0.25, -0.2) is 0 Å². The van der Waals surface area contributed by atoms with Crippen LogP contribution in [0.25, 0.3) is 0 Å². The van der Waals surface area contributed by atoms with Crippen molar-refractivity contribution in [3.8, 4) is 0 Å². The summed E-state index contributed by atoms with van der Waals surface area (Å²) in [5.74, 6) is 1.53. The molecule has 1 aromatic rings. The highest BCUT2D eigenvalue weighted by molar-refractivity contribution is 6.28. The SMILES string of the molecule is CCC(C)C(C)Nc1nc(Cl)nc(NC)n1. The predicted molar refractivity (Wildman–Crippen MR) is 66.9 cm³/mol. The molecule has 0 spiro atoms. The number of nitrogens with one attached hydrogen (secondary N) is 2. The van der Waals surface area contributed by atoms with Gasteiger partial charge in [0.1, 0.15) is 0 Å². The van der Waals surface area contributed by atoms with Crippen LogP contribution in [0.1, 0.15) is 27.2 Å². The number of hydrogen-bond donors (Lipinski definition) is 2. The van der Waals surface area contributed by atoms with Crippen LogP contribution in [0.15, 0.2) is 0 Å². The molecule has 0 aromatic carbocycles. The molecule has 0 radical (unpaired) electrons. The Balaban J connectivity index is 2.76. The molecule has 1 rings (SSSR count). The minimum Gasteiger partial charge on any atom is -0.357 e. The van der Waals surface area contributed by atoms with Crippen molar-refractivity contribution in [1.29, 1.82) is 0 Å². The van der Waals surface area contributed by atoms with Crippen LogP contribution in [0.3, 0.4) is 0 Å². The molecule has 90 valence electrons. The lowest BCUT2D eigenvalue weighted by atomic mass is 10.0. The summed E-state index contributed by atoms with van der Waals surface area (Å²) < 4.78 is 0. The van der Waals surface area contributed by atoms with Crippen LogP contribution in [-0.2, 0) is 0 Å². The lowest BCUT2D eigenvalue weighted by molar-refractivity contribution is 0.492. The molecular formula is C10H18ClN5. The second-order valence-corrected chi connectivity index (χ2v) is 4.16. The summed E-state index contributed by atoms with van der Waals surface area (Å²) in [6, 6.07) is 0.299. The Hall–Kier alpha value is -1.10. The molecule has 16 heavy (non-hydrogen) atoms. The van der Waals surface area contributed by atoms with E-state index < -0.39 is 0 Å². The van der Waals surface area contributed by atoms with E-state index in [-0.39, 0.29) is 5.28 Å². The molecule has 0 fully saturated rings. The summed E-state index contributed by atoms with van der Waals surface area (Å²) in [5.41, 5.74) is 0. The second kappa shape index (κ2) is 5.84. The van der Waals surface area contributed by atoms with Crippen LogP contribution in [-0.4, -0.2) is 28.0 Å². The van der Waals surface area contributed by atoms with Gasteiger partial charge in [0.15, 0.2) is 0 Å². The van der Waals surface area contributed by atoms with Crippen molar-refractivity contribution in [2.75, 3.05) is 17.7 Å². The summed E-state index contributed by atoms with van der Waals surface area (Å²) in [6.45, 7) is 6.44. The Labute approximate surface area is 101 Å². The van der Waals surface area contributed by atoms with Crippen LogP contribution in [0.4, 0.5) is 11.9 Å². The zero-order valence-corrected chi connectivity index (χ0v) is 10.8. The molecule has 1 heterocycles. The molecule has 0 aliphatic heterocycles. The molecule has 2 unspecified atom stereocenters. The molecule has 5 nitrogen and oxygen atoms in total. The Morgan fingerprint density at radius 2 is 1.81 bits per heavy atom. The van der Waals surface area contributed by atoms with E-state index in [1.807, 2.05) is 0 Å². The molecule has 2 atom stereocenters. The lowest BCUT2D eigenvalue weighted by Crippen LogP contribution is -2.24. The molecule has 0 amide bonds. The maximum absolute atomic E-state index is 5.78. The highest BCUT2D eigenvalue weighted by Gasteiger charge is 2.12. The van der Waals surface area contributed by atoms with Crippen molar-refractivity contribution in [2.45, 2.75) is 33.2 Å². The first kappa shape index (κ1) is 13.0. The van der Waals surface area contributed by atoms with E-state index in [2.05, 4.69) is 46.4 Å². The van der Waals surface area contributed by atoms with Crippen molar-refractivity contribution >= 4 is 23.5 Å². The maximum atomic E-state index is 5.78. The van der Waals surface area contributed by atoms with Gasteiger partial charge >= 0.3 is 0 Å². The fourth-order valence-electron chi connectivity index (χ4n) is 1.23. The number of hydrogen-bond acceptors (Lipinski definition) is 5. The molecular weight excluding hydrogens is 226 g/mol. The standard InChI is InChI=1S/C10H18ClN5/c1-5-6(2)7(3)13-10-15-8(11)14-9(12-4)16-10/h6-7H,5H2,1-4H3,(H2,12,13,14,15,16). The summed E-state index contributed by atoms with van der Waals surface area (Å²) in [6.07, 6.45) is 1.10. The number of anilines is 2. The van der Waals surface area contributed by atoms with E-state index in [1.54, 1.807) is 7.05 Å². The molecule has 2 N–H and O–H groups in total. The quantitative estimate of drug-likeness (QED) is 0.832. The van der Waals surface area contributed by atoms with Gasteiger partial charge in [0.05, 0.1) is 0 Å². The van der Waals surface area contributed by atoms with Crippen molar-refractivity contribution in [2.24, 2.45) is 5.92 Å². The van der Waals surface area contributed by atoms with Crippen molar-refractivity contribution in [1.82, 2.24) is 15.0 Å². The van der Waals surface area contributed by atoms with Crippen LogP contribution < -0.4 is 10.6 Å². The third-order valence-electron chi connectivity index (χ3n) is 2.69. The van der Waals surface area contributed by atoms with E-state index in [4.69, 9.17) is 11.6 Å².